The van der Waals surface area contributed by atoms with Gasteiger partial charge in [-0.05, 0) is 18.2 Å². The lowest BCUT2D eigenvalue weighted by molar-refractivity contribution is 0.0785. The highest BCUT2D eigenvalue weighted by molar-refractivity contribution is 6.33. The van der Waals surface area contributed by atoms with Crippen molar-refractivity contribution in [2.24, 2.45) is 0 Å². The van der Waals surface area contributed by atoms with Crippen LogP contribution in [0, 0.1) is 0 Å². The molecule has 0 saturated heterocycles. The molecule has 1 aromatic heterocycles. The Morgan fingerprint density at radius 2 is 2.12 bits per heavy atom. The maximum absolute atomic E-state index is 12.1. The first-order valence-electron chi connectivity index (χ1n) is 5.19. The average molecular weight is 250 g/mol. The fraction of sp³-hybridized carbons (Fsp3) is 0.154. The van der Waals surface area contributed by atoms with Crippen LogP contribution in [0.25, 0.3) is 0 Å². The number of halogens is 1. The lowest BCUT2D eigenvalue weighted by Gasteiger charge is -2.16. The van der Waals surface area contributed by atoms with Gasteiger partial charge in [-0.2, -0.15) is 0 Å². The number of amides is 1. The third-order valence-electron chi connectivity index (χ3n) is 2.45. The predicted molar refractivity (Wildman–Crippen MR) is 66.0 cm³/mol. The van der Waals surface area contributed by atoms with Crippen molar-refractivity contribution in [3.05, 3.63) is 59.0 Å². The van der Waals surface area contributed by atoms with Gasteiger partial charge in [-0.1, -0.05) is 23.7 Å². The Morgan fingerprint density at radius 1 is 1.35 bits per heavy atom. The summed E-state index contributed by atoms with van der Waals surface area (Å²) in [6, 6.07) is 8.85. The van der Waals surface area contributed by atoms with Gasteiger partial charge in [0, 0.05) is 19.2 Å². The summed E-state index contributed by atoms with van der Waals surface area (Å²) < 4.78 is 4.96. The highest BCUT2D eigenvalue weighted by Crippen LogP contribution is 2.17. The third kappa shape index (κ3) is 2.68. The van der Waals surface area contributed by atoms with Gasteiger partial charge in [-0.25, -0.2) is 0 Å². The van der Waals surface area contributed by atoms with E-state index < -0.39 is 0 Å². The fourth-order valence-electron chi connectivity index (χ4n) is 1.57. The molecule has 4 heteroatoms. The molecule has 0 radical (unpaired) electrons. The minimum Gasteiger partial charge on any atom is -0.472 e. The molecular formula is C13H12ClNO2. The number of rotatable bonds is 3. The summed E-state index contributed by atoms with van der Waals surface area (Å²) in [4.78, 5) is 13.7. The van der Waals surface area contributed by atoms with Crippen LogP contribution in [0.15, 0.2) is 47.3 Å². The normalized spacial score (nSPS) is 10.2. The summed E-state index contributed by atoms with van der Waals surface area (Å²) in [5, 5.41) is 0.469. The monoisotopic (exact) mass is 249 g/mol. The van der Waals surface area contributed by atoms with Crippen molar-refractivity contribution in [1.29, 1.82) is 0 Å². The van der Waals surface area contributed by atoms with Crippen molar-refractivity contribution in [3.63, 3.8) is 0 Å². The van der Waals surface area contributed by atoms with E-state index in [1.165, 1.54) is 0 Å². The molecule has 0 bridgehead atoms. The summed E-state index contributed by atoms with van der Waals surface area (Å²) >= 11 is 5.98. The first kappa shape index (κ1) is 11.7. The van der Waals surface area contributed by atoms with Gasteiger partial charge >= 0.3 is 0 Å². The predicted octanol–water partition coefficient (Wildman–Crippen LogP) is 3.21. The van der Waals surface area contributed by atoms with Gasteiger partial charge in [0.25, 0.3) is 5.91 Å². The Bertz CT molecular complexity index is 508. The molecule has 1 aromatic carbocycles. The average Bonchev–Trinajstić information content (AvgIpc) is 2.81. The van der Waals surface area contributed by atoms with Crippen molar-refractivity contribution in [2.75, 3.05) is 7.05 Å². The zero-order chi connectivity index (χ0) is 12.3. The second-order valence-electron chi connectivity index (χ2n) is 3.77. The van der Waals surface area contributed by atoms with Crippen LogP contribution in [0.5, 0.6) is 0 Å². The van der Waals surface area contributed by atoms with E-state index in [0.29, 0.717) is 17.1 Å². The molecule has 0 spiro atoms. The molecule has 2 aromatic rings. The highest BCUT2D eigenvalue weighted by atomic mass is 35.5. The number of furan rings is 1. The molecule has 3 nitrogen and oxygen atoms in total. The Balaban J connectivity index is 2.13. The van der Waals surface area contributed by atoms with Crippen molar-refractivity contribution >= 4 is 17.5 Å². The molecule has 0 aliphatic heterocycles. The van der Waals surface area contributed by atoms with E-state index in [-0.39, 0.29) is 5.91 Å². The summed E-state index contributed by atoms with van der Waals surface area (Å²) in [7, 11) is 1.73. The highest BCUT2D eigenvalue weighted by Gasteiger charge is 2.14. The molecule has 1 heterocycles. The van der Waals surface area contributed by atoms with Crippen LogP contribution in [0.4, 0.5) is 0 Å². The molecule has 0 saturated carbocycles. The van der Waals surface area contributed by atoms with E-state index in [2.05, 4.69) is 0 Å². The van der Waals surface area contributed by atoms with Crippen molar-refractivity contribution < 1.29 is 9.21 Å². The molecule has 17 heavy (non-hydrogen) atoms. The largest absolute Gasteiger partial charge is 0.472 e. The third-order valence-corrected chi connectivity index (χ3v) is 2.78. The van der Waals surface area contributed by atoms with Crippen LogP contribution in [0.1, 0.15) is 15.9 Å². The van der Waals surface area contributed by atoms with Crippen LogP contribution >= 0.6 is 11.6 Å². The summed E-state index contributed by atoms with van der Waals surface area (Å²) in [5.74, 6) is -0.100. The zero-order valence-electron chi connectivity index (χ0n) is 9.39. The number of hydrogen-bond acceptors (Lipinski definition) is 2. The number of benzene rings is 1. The first-order valence-corrected chi connectivity index (χ1v) is 5.57. The molecule has 0 aliphatic rings. The van der Waals surface area contributed by atoms with Crippen LogP contribution in [-0.4, -0.2) is 17.9 Å². The SMILES string of the molecule is CN(Cc1ccoc1)C(=O)c1ccccc1Cl. The van der Waals surface area contributed by atoms with Crippen molar-refractivity contribution in [1.82, 2.24) is 4.90 Å². The van der Waals surface area contributed by atoms with E-state index >= 15 is 0 Å². The van der Waals surface area contributed by atoms with E-state index in [0.717, 1.165) is 5.56 Å². The Hall–Kier alpha value is -1.74. The van der Waals surface area contributed by atoms with Gasteiger partial charge in [-0.15, -0.1) is 0 Å². The van der Waals surface area contributed by atoms with Gasteiger partial charge in [0.05, 0.1) is 23.1 Å². The van der Waals surface area contributed by atoms with Gasteiger partial charge in [0.15, 0.2) is 0 Å². The number of hydrogen-bond donors (Lipinski definition) is 0. The van der Waals surface area contributed by atoms with E-state index in [9.17, 15) is 4.79 Å². The van der Waals surface area contributed by atoms with Crippen molar-refractivity contribution in [2.45, 2.75) is 6.54 Å². The van der Waals surface area contributed by atoms with Crippen LogP contribution < -0.4 is 0 Å². The maximum atomic E-state index is 12.1. The molecule has 1 amide bonds. The summed E-state index contributed by atoms with van der Waals surface area (Å²) in [5.41, 5.74) is 1.47. The quantitative estimate of drug-likeness (QED) is 0.837. The van der Waals surface area contributed by atoms with Gasteiger partial charge in [-0.3, -0.25) is 4.79 Å². The van der Waals surface area contributed by atoms with E-state index in [4.69, 9.17) is 16.0 Å². The molecular weight excluding hydrogens is 238 g/mol. The Labute approximate surface area is 105 Å². The minimum absolute atomic E-state index is 0.100. The van der Waals surface area contributed by atoms with Gasteiger partial charge in [0.2, 0.25) is 0 Å². The Morgan fingerprint density at radius 3 is 2.76 bits per heavy atom. The first-order chi connectivity index (χ1) is 8.18. The van der Waals surface area contributed by atoms with Gasteiger partial charge in [0.1, 0.15) is 0 Å². The maximum Gasteiger partial charge on any atom is 0.255 e. The number of carbonyl (C=O) groups is 1. The number of nitrogens with zero attached hydrogens (tertiary/aromatic N) is 1. The van der Waals surface area contributed by atoms with Crippen LogP contribution in [-0.2, 0) is 6.54 Å². The molecule has 2 rings (SSSR count). The Kier molecular flexibility index (Phi) is 3.49. The summed E-state index contributed by atoms with van der Waals surface area (Å²) in [6.45, 7) is 0.501. The topological polar surface area (TPSA) is 33.5 Å². The standard InChI is InChI=1S/C13H12ClNO2/c1-15(8-10-6-7-17-9-10)13(16)11-4-2-3-5-12(11)14/h2-7,9H,8H2,1H3. The lowest BCUT2D eigenvalue weighted by atomic mass is 10.2. The number of carbonyl (C=O) groups excluding carboxylic acids is 1. The molecule has 0 fully saturated rings. The molecule has 88 valence electrons. The summed E-state index contributed by atoms with van der Waals surface area (Å²) in [6.07, 6.45) is 3.21. The minimum atomic E-state index is -0.100. The molecule has 0 atom stereocenters. The van der Waals surface area contributed by atoms with Gasteiger partial charge < -0.3 is 9.32 Å². The fourth-order valence-corrected chi connectivity index (χ4v) is 1.79. The van der Waals surface area contributed by atoms with Crippen molar-refractivity contribution in [3.8, 4) is 0 Å². The van der Waals surface area contributed by atoms with E-state index in [1.54, 1.807) is 48.7 Å². The molecule has 0 unspecified atom stereocenters. The molecule has 0 N–H and O–H groups in total. The smallest absolute Gasteiger partial charge is 0.255 e. The zero-order valence-corrected chi connectivity index (χ0v) is 10.1. The van der Waals surface area contributed by atoms with Crippen LogP contribution in [0.3, 0.4) is 0 Å². The van der Waals surface area contributed by atoms with E-state index in [1.807, 2.05) is 6.07 Å². The lowest BCUT2D eigenvalue weighted by Crippen LogP contribution is -2.26. The second-order valence-corrected chi connectivity index (χ2v) is 4.18. The van der Waals surface area contributed by atoms with Crippen LogP contribution in [0.2, 0.25) is 5.02 Å². The second kappa shape index (κ2) is 5.06. The molecule has 0 aliphatic carbocycles.